The monoisotopic (exact) mass is 281 g/mol. The highest BCUT2D eigenvalue weighted by molar-refractivity contribution is 5.47. The van der Waals surface area contributed by atoms with E-state index in [0.29, 0.717) is 0 Å². The van der Waals surface area contributed by atoms with Gasteiger partial charge in [0, 0.05) is 18.8 Å². The summed E-state index contributed by atoms with van der Waals surface area (Å²) >= 11 is 0. The average Bonchev–Trinajstić information content (AvgIpc) is 2.54. The minimum absolute atomic E-state index is 1.12. The Morgan fingerprint density at radius 2 is 1.19 bits per heavy atom. The molecule has 0 aliphatic carbocycles. The van der Waals surface area contributed by atoms with Crippen LogP contribution in [-0.2, 0) is 12.8 Å². The lowest BCUT2D eigenvalue weighted by atomic mass is 10.0. The van der Waals surface area contributed by atoms with E-state index in [1.807, 2.05) is 0 Å². The van der Waals surface area contributed by atoms with E-state index in [0.717, 1.165) is 25.9 Å². The second kappa shape index (κ2) is 8.51. The van der Waals surface area contributed by atoms with Gasteiger partial charge in [0.15, 0.2) is 0 Å². The van der Waals surface area contributed by atoms with Crippen molar-refractivity contribution in [3.05, 3.63) is 65.7 Å². The van der Waals surface area contributed by atoms with E-state index in [1.165, 1.54) is 29.7 Å². The molecule has 0 spiro atoms. The molecule has 0 N–H and O–H groups in total. The third kappa shape index (κ3) is 4.93. The van der Waals surface area contributed by atoms with Gasteiger partial charge in [-0.05, 0) is 48.9 Å². The first-order valence-electron chi connectivity index (χ1n) is 8.21. The first-order valence-corrected chi connectivity index (χ1v) is 8.21. The molecule has 0 saturated heterocycles. The number of anilines is 1. The molecule has 0 amide bonds. The SMILES string of the molecule is CCCN(CCC)c1ccc(CCc2ccccc2)cc1. The second-order valence-electron chi connectivity index (χ2n) is 5.64. The van der Waals surface area contributed by atoms with Gasteiger partial charge in [0.2, 0.25) is 0 Å². The maximum atomic E-state index is 2.49. The molecule has 0 unspecified atom stereocenters. The fraction of sp³-hybridized carbons (Fsp3) is 0.400. The molecule has 1 nitrogen and oxygen atoms in total. The molecule has 0 saturated carbocycles. The highest BCUT2D eigenvalue weighted by Gasteiger charge is 2.04. The van der Waals surface area contributed by atoms with Gasteiger partial charge in [-0.1, -0.05) is 56.3 Å². The number of benzene rings is 2. The van der Waals surface area contributed by atoms with Crippen LogP contribution in [0.1, 0.15) is 37.8 Å². The lowest BCUT2D eigenvalue weighted by molar-refractivity contribution is 0.744. The molecule has 0 heterocycles. The Morgan fingerprint density at radius 1 is 0.667 bits per heavy atom. The molecule has 0 aliphatic heterocycles. The molecule has 2 aromatic carbocycles. The Morgan fingerprint density at radius 3 is 1.71 bits per heavy atom. The van der Waals surface area contributed by atoms with Crippen LogP contribution in [0.15, 0.2) is 54.6 Å². The number of rotatable bonds is 8. The smallest absolute Gasteiger partial charge is 0.0366 e. The number of nitrogens with zero attached hydrogens (tertiary/aromatic N) is 1. The molecule has 0 bridgehead atoms. The van der Waals surface area contributed by atoms with Gasteiger partial charge in [-0.25, -0.2) is 0 Å². The van der Waals surface area contributed by atoms with Crippen molar-refractivity contribution in [3.8, 4) is 0 Å². The largest absolute Gasteiger partial charge is 0.372 e. The second-order valence-corrected chi connectivity index (χ2v) is 5.64. The molecule has 21 heavy (non-hydrogen) atoms. The third-order valence-corrected chi connectivity index (χ3v) is 3.83. The topological polar surface area (TPSA) is 3.24 Å². The molecule has 2 aromatic rings. The van der Waals surface area contributed by atoms with Gasteiger partial charge in [-0.3, -0.25) is 0 Å². The van der Waals surface area contributed by atoms with E-state index in [2.05, 4.69) is 73.3 Å². The van der Waals surface area contributed by atoms with E-state index in [4.69, 9.17) is 0 Å². The maximum Gasteiger partial charge on any atom is 0.0366 e. The number of hydrogen-bond donors (Lipinski definition) is 0. The fourth-order valence-electron chi connectivity index (χ4n) is 2.72. The van der Waals surface area contributed by atoms with Crippen LogP contribution in [0.5, 0.6) is 0 Å². The van der Waals surface area contributed by atoms with Crippen LogP contribution in [0.25, 0.3) is 0 Å². The normalized spacial score (nSPS) is 10.6. The molecular formula is C20H27N. The van der Waals surface area contributed by atoms with E-state index >= 15 is 0 Å². The lowest BCUT2D eigenvalue weighted by Crippen LogP contribution is -2.24. The lowest BCUT2D eigenvalue weighted by Gasteiger charge is -2.24. The van der Waals surface area contributed by atoms with Crippen LogP contribution in [0.4, 0.5) is 5.69 Å². The van der Waals surface area contributed by atoms with Crippen molar-refractivity contribution in [2.24, 2.45) is 0 Å². The van der Waals surface area contributed by atoms with Gasteiger partial charge < -0.3 is 4.90 Å². The van der Waals surface area contributed by atoms with E-state index in [1.54, 1.807) is 0 Å². The molecule has 0 fully saturated rings. The number of hydrogen-bond acceptors (Lipinski definition) is 1. The quantitative estimate of drug-likeness (QED) is 0.651. The van der Waals surface area contributed by atoms with Crippen LogP contribution in [-0.4, -0.2) is 13.1 Å². The highest BCUT2D eigenvalue weighted by atomic mass is 15.1. The zero-order valence-corrected chi connectivity index (χ0v) is 13.4. The van der Waals surface area contributed by atoms with Gasteiger partial charge in [0.25, 0.3) is 0 Å². The summed E-state index contributed by atoms with van der Waals surface area (Å²) in [5.74, 6) is 0. The van der Waals surface area contributed by atoms with Crippen LogP contribution in [0.3, 0.4) is 0 Å². The molecular weight excluding hydrogens is 254 g/mol. The zero-order valence-electron chi connectivity index (χ0n) is 13.4. The maximum absolute atomic E-state index is 2.49. The van der Waals surface area contributed by atoms with Gasteiger partial charge in [-0.15, -0.1) is 0 Å². The van der Waals surface area contributed by atoms with Crippen LogP contribution in [0.2, 0.25) is 0 Å². The van der Waals surface area contributed by atoms with Crippen molar-refractivity contribution < 1.29 is 0 Å². The standard InChI is InChI=1S/C20H27N/c1-3-16-21(17-4-2)20-14-12-19(13-15-20)11-10-18-8-6-5-7-9-18/h5-9,12-15H,3-4,10-11,16-17H2,1-2H3. The third-order valence-electron chi connectivity index (χ3n) is 3.83. The van der Waals surface area contributed by atoms with Crippen molar-refractivity contribution in [2.75, 3.05) is 18.0 Å². The summed E-state index contributed by atoms with van der Waals surface area (Å²) in [7, 11) is 0. The molecule has 1 heteroatoms. The first-order chi connectivity index (χ1) is 10.3. The van der Waals surface area contributed by atoms with E-state index in [-0.39, 0.29) is 0 Å². The predicted molar refractivity (Wildman–Crippen MR) is 93.1 cm³/mol. The molecule has 0 atom stereocenters. The Bertz CT molecular complexity index is 495. The van der Waals surface area contributed by atoms with Crippen molar-refractivity contribution in [2.45, 2.75) is 39.5 Å². The van der Waals surface area contributed by atoms with Crippen molar-refractivity contribution in [1.82, 2.24) is 0 Å². The van der Waals surface area contributed by atoms with E-state index in [9.17, 15) is 0 Å². The molecule has 0 aliphatic rings. The van der Waals surface area contributed by atoms with Crippen molar-refractivity contribution in [1.29, 1.82) is 0 Å². The minimum Gasteiger partial charge on any atom is -0.372 e. The summed E-state index contributed by atoms with van der Waals surface area (Å²) in [4.78, 5) is 2.49. The first kappa shape index (κ1) is 15.6. The Kier molecular flexibility index (Phi) is 6.33. The molecule has 112 valence electrons. The van der Waals surface area contributed by atoms with E-state index < -0.39 is 0 Å². The summed E-state index contributed by atoms with van der Waals surface area (Å²) in [6, 6.07) is 19.9. The number of aryl methyl sites for hydroxylation is 2. The molecule has 2 rings (SSSR count). The summed E-state index contributed by atoms with van der Waals surface area (Å²) < 4.78 is 0. The van der Waals surface area contributed by atoms with Gasteiger partial charge >= 0.3 is 0 Å². The average molecular weight is 281 g/mol. The van der Waals surface area contributed by atoms with Gasteiger partial charge in [0.1, 0.15) is 0 Å². The summed E-state index contributed by atoms with van der Waals surface area (Å²) in [5.41, 5.74) is 4.21. The Labute approximate surface area is 129 Å². The van der Waals surface area contributed by atoms with Crippen molar-refractivity contribution in [3.63, 3.8) is 0 Å². The Balaban J connectivity index is 1.94. The van der Waals surface area contributed by atoms with Crippen LogP contribution >= 0.6 is 0 Å². The minimum atomic E-state index is 1.12. The summed E-state index contributed by atoms with van der Waals surface area (Å²) in [5, 5.41) is 0. The Hall–Kier alpha value is -1.76. The molecule has 0 radical (unpaired) electrons. The summed E-state index contributed by atoms with van der Waals surface area (Å²) in [6.45, 7) is 6.79. The predicted octanol–water partition coefficient (Wildman–Crippen LogP) is 5.10. The van der Waals surface area contributed by atoms with Crippen molar-refractivity contribution >= 4 is 5.69 Å². The summed E-state index contributed by atoms with van der Waals surface area (Å²) in [6.07, 6.45) is 4.64. The fourth-order valence-corrected chi connectivity index (χ4v) is 2.72. The van der Waals surface area contributed by atoms with Gasteiger partial charge in [-0.2, -0.15) is 0 Å². The van der Waals surface area contributed by atoms with Crippen LogP contribution in [0, 0.1) is 0 Å². The van der Waals surface area contributed by atoms with Crippen LogP contribution < -0.4 is 4.90 Å². The highest BCUT2D eigenvalue weighted by Crippen LogP contribution is 2.17. The molecule has 0 aromatic heterocycles. The van der Waals surface area contributed by atoms with Gasteiger partial charge in [0.05, 0.1) is 0 Å². The zero-order chi connectivity index (χ0) is 14.9.